The molecule has 5 aromatic rings. The predicted molar refractivity (Wildman–Crippen MR) is 134 cm³/mol. The molecular formula is C25H21N5O4S. The van der Waals surface area contributed by atoms with Crippen LogP contribution in [-0.4, -0.2) is 26.9 Å². The van der Waals surface area contributed by atoms with Gasteiger partial charge in [-0.2, -0.15) is 0 Å². The van der Waals surface area contributed by atoms with E-state index in [4.69, 9.17) is 8.94 Å². The molecule has 1 aromatic carbocycles. The second-order valence-electron chi connectivity index (χ2n) is 8.08. The summed E-state index contributed by atoms with van der Waals surface area (Å²) in [6.45, 7) is 6.93. The van der Waals surface area contributed by atoms with E-state index in [0.717, 1.165) is 16.9 Å². The Kier molecular flexibility index (Phi) is 5.65. The third-order valence-electron chi connectivity index (χ3n) is 5.40. The van der Waals surface area contributed by atoms with E-state index in [1.165, 1.54) is 18.3 Å². The normalized spacial score (nSPS) is 11.1. The van der Waals surface area contributed by atoms with E-state index in [1.807, 2.05) is 37.4 Å². The van der Waals surface area contributed by atoms with Crippen molar-refractivity contribution < 1.29 is 18.5 Å². The molecule has 0 unspecified atom stereocenters. The lowest BCUT2D eigenvalue weighted by Gasteiger charge is -2.06. The van der Waals surface area contributed by atoms with Crippen molar-refractivity contribution in [1.29, 1.82) is 0 Å². The number of benzene rings is 1. The molecular weight excluding hydrogens is 466 g/mol. The Balaban J connectivity index is 1.44. The van der Waals surface area contributed by atoms with Crippen LogP contribution in [0.4, 0.5) is 10.8 Å². The van der Waals surface area contributed by atoms with Crippen LogP contribution in [0.3, 0.4) is 0 Å². The van der Waals surface area contributed by atoms with Crippen LogP contribution >= 0.6 is 11.3 Å². The number of carbonyl (C=O) groups is 2. The summed E-state index contributed by atoms with van der Waals surface area (Å²) in [6.07, 6.45) is 0. The van der Waals surface area contributed by atoms with Gasteiger partial charge < -0.3 is 14.3 Å². The number of rotatable bonds is 5. The summed E-state index contributed by atoms with van der Waals surface area (Å²) in [5.41, 5.74) is 4.87. The van der Waals surface area contributed by atoms with Crippen LogP contribution in [0.2, 0.25) is 0 Å². The molecule has 0 aliphatic rings. The molecule has 176 valence electrons. The van der Waals surface area contributed by atoms with Crippen molar-refractivity contribution >= 4 is 45.1 Å². The van der Waals surface area contributed by atoms with Gasteiger partial charge >= 0.3 is 0 Å². The van der Waals surface area contributed by atoms with E-state index in [1.54, 1.807) is 25.1 Å². The van der Waals surface area contributed by atoms with Gasteiger partial charge in [-0.1, -0.05) is 17.3 Å². The maximum absolute atomic E-state index is 13.3. The SMILES string of the molecule is CC(=O)Nc1ccc(-c2csc(NC(=O)c3cc(-c4cc(C)oc4C)nc4onc(C)c34)n2)cc1. The lowest BCUT2D eigenvalue weighted by molar-refractivity contribution is -0.114. The van der Waals surface area contributed by atoms with Gasteiger partial charge in [0, 0.05) is 29.1 Å². The molecule has 0 spiro atoms. The van der Waals surface area contributed by atoms with Gasteiger partial charge in [-0.15, -0.1) is 11.3 Å². The molecule has 0 radical (unpaired) electrons. The number of hydrogen-bond donors (Lipinski definition) is 2. The molecule has 10 heteroatoms. The summed E-state index contributed by atoms with van der Waals surface area (Å²) in [6, 6.07) is 10.9. The Morgan fingerprint density at radius 3 is 2.43 bits per heavy atom. The summed E-state index contributed by atoms with van der Waals surface area (Å²) in [5.74, 6) is 0.973. The third-order valence-corrected chi connectivity index (χ3v) is 6.16. The average molecular weight is 488 g/mol. The Bertz CT molecular complexity index is 1580. The standard InChI is InChI=1S/C25H21N5O4S/c1-12-9-18(14(3)33-12)20-10-19(22-13(2)30-34-24(22)27-20)23(32)29-25-28-21(11-35-25)16-5-7-17(8-6-16)26-15(4)31/h5-11H,1-4H3,(H,26,31)(H,28,29,32). The second kappa shape index (κ2) is 8.80. The van der Waals surface area contributed by atoms with E-state index in [2.05, 4.69) is 25.8 Å². The number of carbonyl (C=O) groups excluding carboxylic acids is 2. The highest BCUT2D eigenvalue weighted by Gasteiger charge is 2.22. The number of aromatic nitrogens is 3. The topological polar surface area (TPSA) is 123 Å². The van der Waals surface area contributed by atoms with Crippen molar-refractivity contribution in [3.05, 3.63) is 64.6 Å². The van der Waals surface area contributed by atoms with Crippen molar-refractivity contribution in [3.8, 4) is 22.5 Å². The van der Waals surface area contributed by atoms with Gasteiger partial charge in [-0.25, -0.2) is 9.97 Å². The third kappa shape index (κ3) is 4.43. The number of pyridine rings is 1. The molecule has 0 bridgehead atoms. The molecule has 2 N–H and O–H groups in total. The van der Waals surface area contributed by atoms with E-state index in [-0.39, 0.29) is 17.5 Å². The molecule has 0 fully saturated rings. The average Bonchev–Trinajstić information content (AvgIpc) is 3.52. The summed E-state index contributed by atoms with van der Waals surface area (Å²) in [7, 11) is 0. The predicted octanol–water partition coefficient (Wildman–Crippen LogP) is 5.74. The van der Waals surface area contributed by atoms with E-state index >= 15 is 0 Å². The van der Waals surface area contributed by atoms with Crippen molar-refractivity contribution in [2.45, 2.75) is 27.7 Å². The second-order valence-corrected chi connectivity index (χ2v) is 8.94. The monoisotopic (exact) mass is 487 g/mol. The summed E-state index contributed by atoms with van der Waals surface area (Å²) >= 11 is 1.32. The largest absolute Gasteiger partial charge is 0.466 e. The molecule has 4 aromatic heterocycles. The number of furan rings is 1. The molecule has 2 amide bonds. The van der Waals surface area contributed by atoms with Crippen molar-refractivity contribution in [2.24, 2.45) is 0 Å². The van der Waals surface area contributed by atoms with Gasteiger partial charge in [0.2, 0.25) is 5.91 Å². The lowest BCUT2D eigenvalue weighted by atomic mass is 10.1. The van der Waals surface area contributed by atoms with Crippen LogP contribution < -0.4 is 10.6 Å². The first-order chi connectivity index (χ1) is 16.8. The van der Waals surface area contributed by atoms with Gasteiger partial charge in [0.1, 0.15) is 11.5 Å². The molecule has 0 aliphatic heterocycles. The Morgan fingerprint density at radius 1 is 0.971 bits per heavy atom. The van der Waals surface area contributed by atoms with E-state index in [9.17, 15) is 9.59 Å². The molecule has 0 aliphatic carbocycles. The van der Waals surface area contributed by atoms with Gasteiger partial charge in [0.05, 0.1) is 28.0 Å². The quantitative estimate of drug-likeness (QED) is 0.324. The maximum Gasteiger partial charge on any atom is 0.259 e. The first kappa shape index (κ1) is 22.5. The number of thiazole rings is 1. The Labute approximate surface area is 204 Å². The van der Waals surface area contributed by atoms with Crippen LogP contribution in [0.15, 0.2) is 50.7 Å². The van der Waals surface area contributed by atoms with E-state index < -0.39 is 0 Å². The number of fused-ring (bicyclic) bond motifs is 1. The minimum absolute atomic E-state index is 0.133. The fraction of sp³-hybridized carbons (Fsp3) is 0.160. The first-order valence-corrected chi connectivity index (χ1v) is 11.7. The van der Waals surface area contributed by atoms with Crippen LogP contribution in [0.25, 0.3) is 33.6 Å². The summed E-state index contributed by atoms with van der Waals surface area (Å²) < 4.78 is 11.0. The number of hydrogen-bond acceptors (Lipinski definition) is 8. The summed E-state index contributed by atoms with van der Waals surface area (Å²) in [4.78, 5) is 33.7. The van der Waals surface area contributed by atoms with Gasteiger partial charge in [0.25, 0.3) is 11.6 Å². The van der Waals surface area contributed by atoms with Gasteiger partial charge in [0.15, 0.2) is 5.13 Å². The first-order valence-electron chi connectivity index (χ1n) is 10.8. The maximum atomic E-state index is 13.3. The van der Waals surface area contributed by atoms with E-state index in [0.29, 0.717) is 44.6 Å². The Hall–Kier alpha value is -4.31. The van der Waals surface area contributed by atoms with Crippen molar-refractivity contribution in [2.75, 3.05) is 10.6 Å². The highest BCUT2D eigenvalue weighted by molar-refractivity contribution is 7.14. The lowest BCUT2D eigenvalue weighted by Crippen LogP contribution is -2.13. The number of amides is 2. The fourth-order valence-corrected chi connectivity index (χ4v) is 4.57. The number of aryl methyl sites for hydroxylation is 3. The zero-order chi connectivity index (χ0) is 24.7. The van der Waals surface area contributed by atoms with Crippen LogP contribution in [0.5, 0.6) is 0 Å². The molecule has 35 heavy (non-hydrogen) atoms. The number of anilines is 2. The zero-order valence-electron chi connectivity index (χ0n) is 19.4. The van der Waals surface area contributed by atoms with Crippen molar-refractivity contribution in [1.82, 2.24) is 15.1 Å². The highest BCUT2D eigenvalue weighted by Crippen LogP contribution is 2.32. The highest BCUT2D eigenvalue weighted by atomic mass is 32.1. The van der Waals surface area contributed by atoms with Crippen LogP contribution in [0.1, 0.15) is 34.5 Å². The molecule has 9 nitrogen and oxygen atoms in total. The Morgan fingerprint density at radius 2 is 1.74 bits per heavy atom. The van der Waals surface area contributed by atoms with Gasteiger partial charge in [-0.05, 0) is 45.0 Å². The molecule has 5 rings (SSSR count). The molecule has 0 saturated heterocycles. The summed E-state index contributed by atoms with van der Waals surface area (Å²) in [5, 5.41) is 12.5. The van der Waals surface area contributed by atoms with Crippen LogP contribution in [-0.2, 0) is 4.79 Å². The van der Waals surface area contributed by atoms with Gasteiger partial charge in [-0.3, -0.25) is 14.9 Å². The van der Waals surface area contributed by atoms with Crippen molar-refractivity contribution in [3.63, 3.8) is 0 Å². The molecule has 0 saturated carbocycles. The molecule has 0 atom stereocenters. The fourth-order valence-electron chi connectivity index (χ4n) is 3.85. The zero-order valence-corrected chi connectivity index (χ0v) is 20.2. The molecule has 4 heterocycles. The minimum Gasteiger partial charge on any atom is -0.466 e. The van der Waals surface area contributed by atoms with Crippen LogP contribution in [0, 0.1) is 20.8 Å². The minimum atomic E-state index is -0.343. The smallest absolute Gasteiger partial charge is 0.259 e. The number of nitrogens with zero attached hydrogens (tertiary/aromatic N) is 3. The number of nitrogens with one attached hydrogen (secondary N) is 2.